The largest absolute Gasteiger partial charge is 0.450 e. The molecule has 5 heteroatoms. The van der Waals surface area contributed by atoms with Crippen molar-refractivity contribution in [1.29, 1.82) is 0 Å². The molecule has 4 aliphatic rings. The van der Waals surface area contributed by atoms with Crippen LogP contribution in [0.1, 0.15) is 58.8 Å². The second-order valence-electron chi connectivity index (χ2n) is 7.72. The van der Waals surface area contributed by atoms with Gasteiger partial charge in [0.05, 0.1) is 6.61 Å². The Kier molecular flexibility index (Phi) is 6.61. The number of ether oxygens (including phenoxy) is 1. The van der Waals surface area contributed by atoms with Crippen LogP contribution < -0.4 is 5.32 Å². The minimum atomic E-state index is -0.277. The molecule has 4 bridgehead atoms. The molecule has 0 aliphatic heterocycles. The maximum absolute atomic E-state index is 11.3. The van der Waals surface area contributed by atoms with Crippen molar-refractivity contribution in [3.63, 3.8) is 0 Å². The van der Waals surface area contributed by atoms with Crippen molar-refractivity contribution in [2.24, 2.45) is 17.8 Å². The Hall–Kier alpha value is -0.480. The molecule has 23 heavy (non-hydrogen) atoms. The molecule has 4 nitrogen and oxygen atoms in total. The number of carbonyl (C=O) groups excluding carboxylic acids is 1. The molecule has 1 N–H and O–H groups in total. The Bertz CT molecular complexity index is 367. The first-order valence-corrected chi connectivity index (χ1v) is 9.31. The molecular formula is C18H33ClN2O2. The zero-order chi connectivity index (χ0) is 15.6. The van der Waals surface area contributed by atoms with Crippen LogP contribution in [0, 0.1) is 17.8 Å². The summed E-state index contributed by atoms with van der Waals surface area (Å²) in [7, 11) is 0. The van der Waals surface area contributed by atoms with Crippen molar-refractivity contribution in [2.45, 2.75) is 64.3 Å². The van der Waals surface area contributed by atoms with E-state index in [2.05, 4.69) is 17.1 Å². The summed E-state index contributed by atoms with van der Waals surface area (Å²) in [5.74, 6) is 2.99. The number of amides is 1. The molecule has 134 valence electrons. The molecule has 0 aromatic heterocycles. The molecule has 0 atom stereocenters. The molecule has 0 heterocycles. The monoisotopic (exact) mass is 344 g/mol. The predicted octanol–water partition coefficient (Wildman–Crippen LogP) is 3.84. The van der Waals surface area contributed by atoms with E-state index in [-0.39, 0.29) is 18.5 Å². The van der Waals surface area contributed by atoms with Gasteiger partial charge in [0, 0.05) is 18.6 Å². The molecule has 1 amide bonds. The maximum atomic E-state index is 11.3. The molecule has 0 spiro atoms. The number of halogens is 1. The summed E-state index contributed by atoms with van der Waals surface area (Å²) in [6.07, 6.45) is 9.53. The molecule has 4 fully saturated rings. The first kappa shape index (κ1) is 18.9. The van der Waals surface area contributed by atoms with E-state index in [0.717, 1.165) is 43.8 Å². The van der Waals surface area contributed by atoms with Gasteiger partial charge in [-0.05, 0) is 76.2 Å². The highest BCUT2D eigenvalue weighted by molar-refractivity contribution is 5.85. The van der Waals surface area contributed by atoms with E-state index in [9.17, 15) is 4.79 Å². The zero-order valence-electron chi connectivity index (χ0n) is 14.7. The van der Waals surface area contributed by atoms with Crippen LogP contribution in [-0.4, -0.2) is 42.8 Å². The van der Waals surface area contributed by atoms with Crippen molar-refractivity contribution in [3.05, 3.63) is 0 Å². The van der Waals surface area contributed by atoms with Crippen LogP contribution in [0.2, 0.25) is 0 Å². The number of hydrogen-bond donors (Lipinski definition) is 1. The smallest absolute Gasteiger partial charge is 0.407 e. The molecule has 0 saturated heterocycles. The molecule has 0 aromatic carbocycles. The molecule has 4 rings (SSSR count). The summed E-state index contributed by atoms with van der Waals surface area (Å²) in [5.41, 5.74) is 0.493. The van der Waals surface area contributed by atoms with Crippen molar-refractivity contribution in [3.8, 4) is 0 Å². The fraction of sp³-hybridized carbons (Fsp3) is 0.944. The number of nitrogens with one attached hydrogen (secondary N) is 1. The summed E-state index contributed by atoms with van der Waals surface area (Å²) in [6, 6.07) is 0. The zero-order valence-corrected chi connectivity index (χ0v) is 15.5. The third-order valence-electron chi connectivity index (χ3n) is 6.21. The number of rotatable bonds is 7. The average Bonchev–Trinajstić information content (AvgIpc) is 2.45. The van der Waals surface area contributed by atoms with Gasteiger partial charge in [-0.2, -0.15) is 0 Å². The van der Waals surface area contributed by atoms with Crippen LogP contribution in [0.25, 0.3) is 0 Å². The van der Waals surface area contributed by atoms with E-state index in [1.54, 1.807) is 0 Å². The van der Waals surface area contributed by atoms with E-state index in [0.29, 0.717) is 12.1 Å². The molecule has 0 radical (unpaired) electrons. The van der Waals surface area contributed by atoms with Crippen LogP contribution in [0.3, 0.4) is 0 Å². The quantitative estimate of drug-likeness (QED) is 0.713. The van der Waals surface area contributed by atoms with Crippen LogP contribution in [0.4, 0.5) is 4.79 Å². The van der Waals surface area contributed by atoms with E-state index < -0.39 is 0 Å². The normalized spacial score (nSPS) is 34.3. The van der Waals surface area contributed by atoms with Gasteiger partial charge in [0.1, 0.15) is 0 Å². The summed E-state index contributed by atoms with van der Waals surface area (Å²) in [5, 5.41) is 2.85. The van der Waals surface area contributed by atoms with E-state index in [4.69, 9.17) is 4.74 Å². The van der Waals surface area contributed by atoms with Gasteiger partial charge in [-0.1, -0.05) is 6.92 Å². The molecule has 4 saturated carbocycles. The number of nitrogens with zero attached hydrogens (tertiary/aromatic N) is 1. The lowest BCUT2D eigenvalue weighted by atomic mass is 9.52. The Morgan fingerprint density at radius 2 is 1.70 bits per heavy atom. The van der Waals surface area contributed by atoms with E-state index >= 15 is 0 Å². The fourth-order valence-corrected chi connectivity index (χ4v) is 5.83. The first-order valence-electron chi connectivity index (χ1n) is 9.31. The second kappa shape index (κ2) is 8.06. The van der Waals surface area contributed by atoms with Crippen molar-refractivity contribution >= 4 is 18.5 Å². The highest BCUT2D eigenvalue weighted by Gasteiger charge is 2.52. The Labute approximate surface area is 147 Å². The summed E-state index contributed by atoms with van der Waals surface area (Å²) in [4.78, 5) is 14.1. The van der Waals surface area contributed by atoms with Gasteiger partial charge in [-0.25, -0.2) is 4.79 Å². The SMILES string of the molecule is CCOC(=O)NCCCN(CC)C12CC3CC(CC(C3)C1)C2.Cl. The summed E-state index contributed by atoms with van der Waals surface area (Å²) in [6.45, 7) is 7.56. The number of carbonyl (C=O) groups is 1. The van der Waals surface area contributed by atoms with Crippen molar-refractivity contribution in [1.82, 2.24) is 10.2 Å². The fourth-order valence-electron chi connectivity index (χ4n) is 5.83. The Morgan fingerprint density at radius 3 is 2.17 bits per heavy atom. The van der Waals surface area contributed by atoms with E-state index in [1.807, 2.05) is 6.92 Å². The average molecular weight is 345 g/mol. The predicted molar refractivity (Wildman–Crippen MR) is 95.0 cm³/mol. The Morgan fingerprint density at radius 1 is 1.13 bits per heavy atom. The lowest BCUT2D eigenvalue weighted by molar-refractivity contribution is -0.0871. The van der Waals surface area contributed by atoms with Crippen LogP contribution >= 0.6 is 12.4 Å². The van der Waals surface area contributed by atoms with Crippen LogP contribution in [0.15, 0.2) is 0 Å². The highest BCUT2D eigenvalue weighted by Crippen LogP contribution is 2.57. The number of hydrogen-bond acceptors (Lipinski definition) is 3. The second-order valence-corrected chi connectivity index (χ2v) is 7.72. The highest BCUT2D eigenvalue weighted by atomic mass is 35.5. The lowest BCUT2D eigenvalue weighted by Crippen LogP contribution is -2.60. The molecular weight excluding hydrogens is 312 g/mol. The van der Waals surface area contributed by atoms with E-state index in [1.165, 1.54) is 38.5 Å². The molecule has 4 aliphatic carbocycles. The van der Waals surface area contributed by atoms with Gasteiger partial charge in [0.2, 0.25) is 0 Å². The van der Waals surface area contributed by atoms with Crippen molar-refractivity contribution < 1.29 is 9.53 Å². The summed E-state index contributed by atoms with van der Waals surface area (Å²) < 4.78 is 4.91. The minimum absolute atomic E-state index is 0. The van der Waals surface area contributed by atoms with Crippen molar-refractivity contribution in [2.75, 3.05) is 26.2 Å². The third-order valence-corrected chi connectivity index (χ3v) is 6.21. The first-order chi connectivity index (χ1) is 10.6. The van der Waals surface area contributed by atoms with Gasteiger partial charge in [0.15, 0.2) is 0 Å². The van der Waals surface area contributed by atoms with Gasteiger partial charge in [-0.15, -0.1) is 12.4 Å². The maximum Gasteiger partial charge on any atom is 0.407 e. The Balaban J connectivity index is 0.00000192. The topological polar surface area (TPSA) is 41.6 Å². The van der Waals surface area contributed by atoms with Gasteiger partial charge in [-0.3, -0.25) is 4.90 Å². The van der Waals surface area contributed by atoms with Crippen LogP contribution in [0.5, 0.6) is 0 Å². The lowest BCUT2D eigenvalue weighted by Gasteiger charge is -2.60. The molecule has 0 unspecified atom stereocenters. The standard InChI is InChI=1S/C18H32N2O2.ClH/c1-3-20(7-5-6-19-17(21)22-4-2)18-11-14-8-15(12-18)10-16(9-14)13-18;/h14-16H,3-13H2,1-2H3,(H,19,21);1H. The number of alkyl carbamates (subject to hydrolysis) is 1. The van der Waals surface area contributed by atoms with Gasteiger partial charge < -0.3 is 10.1 Å². The van der Waals surface area contributed by atoms with Gasteiger partial charge >= 0.3 is 6.09 Å². The molecule has 0 aromatic rings. The van der Waals surface area contributed by atoms with Crippen LogP contribution in [-0.2, 0) is 4.74 Å². The third kappa shape index (κ3) is 4.14. The van der Waals surface area contributed by atoms with Gasteiger partial charge in [0.25, 0.3) is 0 Å². The summed E-state index contributed by atoms with van der Waals surface area (Å²) >= 11 is 0. The minimum Gasteiger partial charge on any atom is -0.450 e.